The third-order valence-corrected chi connectivity index (χ3v) is 1.89. The van der Waals surface area contributed by atoms with E-state index in [9.17, 15) is 14.4 Å². The molecule has 0 aliphatic heterocycles. The molecular formula is C9H18N4O3. The molecule has 6 N–H and O–H groups in total. The summed E-state index contributed by atoms with van der Waals surface area (Å²) in [7, 11) is 0. The number of nitrogens with two attached hydrogens (primary N) is 2. The Hall–Kier alpha value is -1.63. The van der Waals surface area contributed by atoms with Gasteiger partial charge in [-0.25, -0.2) is 0 Å². The second kappa shape index (κ2) is 6.78. The smallest absolute Gasteiger partial charge is 0.243 e. The van der Waals surface area contributed by atoms with Gasteiger partial charge in [-0.15, -0.1) is 0 Å². The van der Waals surface area contributed by atoms with Crippen LogP contribution in [0, 0.1) is 5.92 Å². The van der Waals surface area contributed by atoms with Crippen LogP contribution in [0.3, 0.4) is 0 Å². The van der Waals surface area contributed by atoms with E-state index in [-0.39, 0.29) is 19.0 Å². The summed E-state index contributed by atoms with van der Waals surface area (Å²) in [6.07, 6.45) is 0. The molecule has 0 fully saturated rings. The Balaban J connectivity index is 4.35. The van der Waals surface area contributed by atoms with Crippen LogP contribution in [-0.2, 0) is 14.4 Å². The lowest BCUT2D eigenvalue weighted by molar-refractivity contribution is -0.130. The Kier molecular flexibility index (Phi) is 6.09. The zero-order chi connectivity index (χ0) is 12.7. The lowest BCUT2D eigenvalue weighted by Crippen LogP contribution is -2.52. The molecule has 0 saturated carbocycles. The van der Waals surface area contributed by atoms with E-state index in [2.05, 4.69) is 10.6 Å². The number of primary amides is 1. The normalized spacial score (nSPS) is 12.0. The van der Waals surface area contributed by atoms with Crippen molar-refractivity contribution in [1.29, 1.82) is 0 Å². The fourth-order valence-electron chi connectivity index (χ4n) is 1.05. The molecule has 7 heteroatoms. The Labute approximate surface area is 93.9 Å². The molecule has 0 aliphatic rings. The molecule has 0 heterocycles. The molecule has 1 unspecified atom stereocenters. The summed E-state index contributed by atoms with van der Waals surface area (Å²) < 4.78 is 0. The van der Waals surface area contributed by atoms with Gasteiger partial charge in [-0.05, 0) is 5.92 Å². The van der Waals surface area contributed by atoms with Crippen molar-refractivity contribution < 1.29 is 14.4 Å². The topological polar surface area (TPSA) is 127 Å². The predicted molar refractivity (Wildman–Crippen MR) is 58.0 cm³/mol. The lowest BCUT2D eigenvalue weighted by Gasteiger charge is -2.20. The predicted octanol–water partition coefficient (Wildman–Crippen LogP) is -2.31. The van der Waals surface area contributed by atoms with Crippen molar-refractivity contribution in [1.82, 2.24) is 10.6 Å². The zero-order valence-corrected chi connectivity index (χ0v) is 9.45. The zero-order valence-electron chi connectivity index (χ0n) is 9.45. The Morgan fingerprint density at radius 3 is 2.19 bits per heavy atom. The molecule has 0 aromatic rings. The Bertz CT molecular complexity index is 278. The molecule has 16 heavy (non-hydrogen) atoms. The number of nitrogens with one attached hydrogen (secondary N) is 2. The highest BCUT2D eigenvalue weighted by Crippen LogP contribution is 2.01. The first kappa shape index (κ1) is 14.4. The maximum Gasteiger partial charge on any atom is 0.243 e. The fourth-order valence-corrected chi connectivity index (χ4v) is 1.05. The molecule has 1 atom stereocenters. The molecule has 0 saturated heterocycles. The first-order chi connectivity index (χ1) is 7.38. The highest BCUT2D eigenvalue weighted by molar-refractivity contribution is 5.90. The van der Waals surface area contributed by atoms with Gasteiger partial charge in [0.1, 0.15) is 6.04 Å². The molecular weight excluding hydrogens is 212 g/mol. The highest BCUT2D eigenvalue weighted by Gasteiger charge is 2.23. The van der Waals surface area contributed by atoms with Crippen molar-refractivity contribution in [2.45, 2.75) is 19.9 Å². The van der Waals surface area contributed by atoms with Gasteiger partial charge < -0.3 is 22.1 Å². The van der Waals surface area contributed by atoms with E-state index in [4.69, 9.17) is 11.5 Å². The number of amides is 3. The van der Waals surface area contributed by atoms with Crippen LogP contribution in [-0.4, -0.2) is 36.9 Å². The van der Waals surface area contributed by atoms with E-state index in [1.165, 1.54) is 0 Å². The monoisotopic (exact) mass is 230 g/mol. The standard InChI is InChI=1S/C9H18N4O3/c1-5(2)8(13-7(15)3-10)9(16)12-4-6(11)14/h5,8H,3-4,10H2,1-2H3,(H2,11,14)(H,12,16)(H,13,15). The van der Waals surface area contributed by atoms with Crippen LogP contribution in [0.1, 0.15) is 13.8 Å². The third kappa shape index (κ3) is 5.30. The molecule has 0 bridgehead atoms. The second-order valence-electron chi connectivity index (χ2n) is 3.68. The van der Waals surface area contributed by atoms with Crippen molar-refractivity contribution in [3.8, 4) is 0 Å². The number of carbonyl (C=O) groups excluding carboxylic acids is 3. The SMILES string of the molecule is CC(C)C(NC(=O)CN)C(=O)NCC(N)=O. The number of carbonyl (C=O) groups is 3. The van der Waals surface area contributed by atoms with Crippen LogP contribution in [0.15, 0.2) is 0 Å². The van der Waals surface area contributed by atoms with Gasteiger partial charge >= 0.3 is 0 Å². The largest absolute Gasteiger partial charge is 0.368 e. The van der Waals surface area contributed by atoms with E-state index in [0.29, 0.717) is 0 Å². The quantitative estimate of drug-likeness (QED) is 0.408. The second-order valence-corrected chi connectivity index (χ2v) is 3.68. The van der Waals surface area contributed by atoms with E-state index in [0.717, 1.165) is 0 Å². The van der Waals surface area contributed by atoms with E-state index < -0.39 is 23.8 Å². The van der Waals surface area contributed by atoms with Crippen LogP contribution >= 0.6 is 0 Å². The van der Waals surface area contributed by atoms with E-state index in [1.807, 2.05) is 0 Å². The van der Waals surface area contributed by atoms with Gasteiger partial charge in [-0.2, -0.15) is 0 Å². The first-order valence-electron chi connectivity index (χ1n) is 4.94. The summed E-state index contributed by atoms with van der Waals surface area (Å²) in [4.78, 5) is 33.1. The van der Waals surface area contributed by atoms with Gasteiger partial charge in [0.05, 0.1) is 13.1 Å². The minimum Gasteiger partial charge on any atom is -0.368 e. The molecule has 3 amide bonds. The Morgan fingerprint density at radius 2 is 1.81 bits per heavy atom. The molecule has 0 aromatic heterocycles. The molecule has 0 spiro atoms. The van der Waals surface area contributed by atoms with Gasteiger partial charge in [0.25, 0.3) is 0 Å². The van der Waals surface area contributed by atoms with Gasteiger partial charge in [0.2, 0.25) is 17.7 Å². The summed E-state index contributed by atoms with van der Waals surface area (Å²) in [5, 5.41) is 4.79. The van der Waals surface area contributed by atoms with Crippen molar-refractivity contribution in [2.24, 2.45) is 17.4 Å². The van der Waals surface area contributed by atoms with Gasteiger partial charge in [0.15, 0.2) is 0 Å². The van der Waals surface area contributed by atoms with Gasteiger partial charge in [0, 0.05) is 0 Å². The summed E-state index contributed by atoms with van der Waals surface area (Å²) >= 11 is 0. The number of rotatable bonds is 6. The van der Waals surface area contributed by atoms with Crippen LogP contribution in [0.5, 0.6) is 0 Å². The maximum absolute atomic E-state index is 11.6. The van der Waals surface area contributed by atoms with Crippen LogP contribution < -0.4 is 22.1 Å². The van der Waals surface area contributed by atoms with E-state index in [1.54, 1.807) is 13.8 Å². The highest BCUT2D eigenvalue weighted by atomic mass is 16.2. The number of hydrogen-bond acceptors (Lipinski definition) is 4. The maximum atomic E-state index is 11.6. The van der Waals surface area contributed by atoms with Gasteiger partial charge in [-0.1, -0.05) is 13.8 Å². The summed E-state index contributed by atoms with van der Waals surface area (Å²) in [5.41, 5.74) is 10.0. The van der Waals surface area contributed by atoms with Crippen molar-refractivity contribution in [3.05, 3.63) is 0 Å². The van der Waals surface area contributed by atoms with Crippen LogP contribution in [0.2, 0.25) is 0 Å². The van der Waals surface area contributed by atoms with Crippen LogP contribution in [0.4, 0.5) is 0 Å². The molecule has 7 nitrogen and oxygen atoms in total. The molecule has 0 radical (unpaired) electrons. The molecule has 92 valence electrons. The molecule has 0 aromatic carbocycles. The fraction of sp³-hybridized carbons (Fsp3) is 0.667. The summed E-state index contributed by atoms with van der Waals surface area (Å²) in [5.74, 6) is -1.62. The van der Waals surface area contributed by atoms with Crippen molar-refractivity contribution in [3.63, 3.8) is 0 Å². The number of hydrogen-bond donors (Lipinski definition) is 4. The molecule has 0 aliphatic carbocycles. The average Bonchev–Trinajstić information content (AvgIpc) is 2.21. The minimum atomic E-state index is -0.713. The Morgan fingerprint density at radius 1 is 1.25 bits per heavy atom. The van der Waals surface area contributed by atoms with Crippen molar-refractivity contribution in [2.75, 3.05) is 13.1 Å². The minimum absolute atomic E-state index is 0.108. The lowest BCUT2D eigenvalue weighted by atomic mass is 10.0. The summed E-state index contributed by atoms with van der Waals surface area (Å²) in [6.45, 7) is 3.10. The average molecular weight is 230 g/mol. The van der Waals surface area contributed by atoms with Crippen LogP contribution in [0.25, 0.3) is 0 Å². The first-order valence-corrected chi connectivity index (χ1v) is 4.94. The third-order valence-electron chi connectivity index (χ3n) is 1.89. The molecule has 0 rings (SSSR count). The summed E-state index contributed by atoms with van der Waals surface area (Å²) in [6, 6.07) is -0.713. The van der Waals surface area contributed by atoms with Gasteiger partial charge in [-0.3, -0.25) is 14.4 Å². The van der Waals surface area contributed by atoms with E-state index >= 15 is 0 Å². The van der Waals surface area contributed by atoms with Crippen molar-refractivity contribution >= 4 is 17.7 Å².